The van der Waals surface area contributed by atoms with Gasteiger partial charge in [0.2, 0.25) is 0 Å². The molecule has 0 aliphatic heterocycles. The molecule has 74 valence electrons. The summed E-state index contributed by atoms with van der Waals surface area (Å²) < 4.78 is 37.6. The monoisotopic (exact) mass is 213 g/mol. The van der Waals surface area contributed by atoms with Crippen LogP contribution in [0.1, 0.15) is 5.69 Å². The second-order valence-corrected chi connectivity index (χ2v) is 2.76. The number of halogens is 4. The van der Waals surface area contributed by atoms with Crippen molar-refractivity contribution < 1.29 is 13.2 Å². The van der Waals surface area contributed by atoms with Crippen LogP contribution in [-0.4, -0.2) is 16.3 Å². The van der Waals surface area contributed by atoms with Crippen LogP contribution in [0.15, 0.2) is 6.20 Å². The van der Waals surface area contributed by atoms with E-state index in [9.17, 15) is 13.2 Å². The SMILES string of the molecule is NCCn1ncc(Cl)c1C(F)(F)F. The van der Waals surface area contributed by atoms with E-state index in [1.807, 2.05) is 0 Å². The van der Waals surface area contributed by atoms with Crippen molar-refractivity contribution in [2.45, 2.75) is 12.7 Å². The highest BCUT2D eigenvalue weighted by molar-refractivity contribution is 6.31. The van der Waals surface area contributed by atoms with Gasteiger partial charge >= 0.3 is 6.18 Å². The maximum Gasteiger partial charge on any atom is 0.434 e. The Morgan fingerprint density at radius 2 is 2.15 bits per heavy atom. The van der Waals surface area contributed by atoms with Gasteiger partial charge in [0.15, 0.2) is 5.69 Å². The number of rotatable bonds is 2. The quantitative estimate of drug-likeness (QED) is 0.810. The lowest BCUT2D eigenvalue weighted by Crippen LogP contribution is -2.19. The molecule has 0 unspecified atom stereocenters. The van der Waals surface area contributed by atoms with Crippen LogP contribution >= 0.6 is 11.6 Å². The molecule has 1 heterocycles. The molecule has 0 aromatic carbocycles. The Bertz CT molecular complexity index is 294. The maximum atomic E-state index is 12.3. The number of hydrogen-bond donors (Lipinski definition) is 1. The van der Waals surface area contributed by atoms with Gasteiger partial charge in [0, 0.05) is 6.54 Å². The van der Waals surface area contributed by atoms with E-state index in [1.165, 1.54) is 0 Å². The van der Waals surface area contributed by atoms with Crippen molar-refractivity contribution in [2.75, 3.05) is 6.54 Å². The van der Waals surface area contributed by atoms with Gasteiger partial charge in [0.1, 0.15) is 0 Å². The van der Waals surface area contributed by atoms with Crippen molar-refractivity contribution in [1.29, 1.82) is 0 Å². The van der Waals surface area contributed by atoms with E-state index in [2.05, 4.69) is 5.10 Å². The fourth-order valence-corrected chi connectivity index (χ4v) is 1.18. The molecule has 0 radical (unpaired) electrons. The minimum absolute atomic E-state index is 0.00155. The maximum absolute atomic E-state index is 12.3. The molecular weight excluding hydrogens is 207 g/mol. The van der Waals surface area contributed by atoms with Gasteiger partial charge in [0.05, 0.1) is 17.8 Å². The smallest absolute Gasteiger partial charge is 0.329 e. The molecule has 1 aromatic rings. The number of alkyl halides is 3. The Kier molecular flexibility index (Phi) is 2.82. The molecule has 0 bridgehead atoms. The van der Waals surface area contributed by atoms with Gasteiger partial charge in [0.25, 0.3) is 0 Å². The summed E-state index contributed by atoms with van der Waals surface area (Å²) in [5.74, 6) is 0. The van der Waals surface area contributed by atoms with Crippen LogP contribution in [0.25, 0.3) is 0 Å². The summed E-state index contributed by atoms with van der Waals surface area (Å²) in [6.45, 7) is 0.0860. The van der Waals surface area contributed by atoms with E-state index in [1.54, 1.807) is 0 Å². The molecule has 0 amide bonds. The number of hydrogen-bond acceptors (Lipinski definition) is 2. The second-order valence-electron chi connectivity index (χ2n) is 2.35. The van der Waals surface area contributed by atoms with Crippen LogP contribution in [0.5, 0.6) is 0 Å². The van der Waals surface area contributed by atoms with Crippen molar-refractivity contribution in [3.63, 3.8) is 0 Å². The van der Waals surface area contributed by atoms with Crippen molar-refractivity contribution in [3.8, 4) is 0 Å². The Hall–Kier alpha value is -0.750. The minimum atomic E-state index is -4.48. The van der Waals surface area contributed by atoms with Crippen LogP contribution < -0.4 is 5.73 Å². The van der Waals surface area contributed by atoms with Gasteiger partial charge < -0.3 is 5.73 Å². The molecule has 1 rings (SSSR count). The molecule has 0 saturated heterocycles. The highest BCUT2D eigenvalue weighted by atomic mass is 35.5. The summed E-state index contributed by atoms with van der Waals surface area (Å²) in [6, 6.07) is 0. The third-order valence-corrected chi connectivity index (χ3v) is 1.68. The van der Waals surface area contributed by atoms with Crippen molar-refractivity contribution in [3.05, 3.63) is 16.9 Å². The zero-order chi connectivity index (χ0) is 10.1. The van der Waals surface area contributed by atoms with Gasteiger partial charge in [-0.3, -0.25) is 4.68 Å². The predicted octanol–water partition coefficient (Wildman–Crippen LogP) is 1.51. The first-order chi connectivity index (χ1) is 5.96. The van der Waals surface area contributed by atoms with E-state index in [4.69, 9.17) is 17.3 Å². The van der Waals surface area contributed by atoms with E-state index in [0.717, 1.165) is 10.9 Å². The summed E-state index contributed by atoms with van der Waals surface area (Å²) in [5, 5.41) is 3.05. The van der Waals surface area contributed by atoms with E-state index < -0.39 is 16.9 Å². The van der Waals surface area contributed by atoms with E-state index in [-0.39, 0.29) is 13.1 Å². The zero-order valence-electron chi connectivity index (χ0n) is 6.48. The van der Waals surface area contributed by atoms with E-state index >= 15 is 0 Å². The van der Waals surface area contributed by atoms with Crippen LogP contribution in [0.2, 0.25) is 5.02 Å². The van der Waals surface area contributed by atoms with Gasteiger partial charge in [-0.25, -0.2) is 0 Å². The van der Waals surface area contributed by atoms with Crippen LogP contribution in [-0.2, 0) is 12.7 Å². The molecule has 0 aliphatic carbocycles. The summed E-state index contributed by atoms with van der Waals surface area (Å²) in [7, 11) is 0. The van der Waals surface area contributed by atoms with Crippen molar-refractivity contribution in [2.24, 2.45) is 5.73 Å². The molecule has 7 heteroatoms. The van der Waals surface area contributed by atoms with Crippen molar-refractivity contribution >= 4 is 11.6 Å². The second kappa shape index (κ2) is 3.55. The Morgan fingerprint density at radius 1 is 1.54 bits per heavy atom. The molecule has 3 nitrogen and oxygen atoms in total. The molecule has 0 saturated carbocycles. The number of nitrogens with zero attached hydrogens (tertiary/aromatic N) is 2. The predicted molar refractivity (Wildman–Crippen MR) is 41.3 cm³/mol. The summed E-state index contributed by atoms with van der Waals surface area (Å²) in [5.41, 5.74) is 4.17. The first-order valence-electron chi connectivity index (χ1n) is 3.45. The first-order valence-corrected chi connectivity index (χ1v) is 3.83. The zero-order valence-corrected chi connectivity index (χ0v) is 7.23. The lowest BCUT2D eigenvalue weighted by Gasteiger charge is -2.09. The molecule has 0 fully saturated rings. The molecular formula is C6H7ClF3N3. The summed E-state index contributed by atoms with van der Waals surface area (Å²) in [4.78, 5) is 0. The molecule has 0 atom stereocenters. The van der Waals surface area contributed by atoms with Gasteiger partial charge in [-0.15, -0.1) is 0 Å². The first kappa shape index (κ1) is 10.3. The molecule has 2 N–H and O–H groups in total. The van der Waals surface area contributed by atoms with Crippen LogP contribution in [0, 0.1) is 0 Å². The van der Waals surface area contributed by atoms with Gasteiger partial charge in [-0.2, -0.15) is 18.3 Å². The lowest BCUT2D eigenvalue weighted by molar-refractivity contribution is -0.144. The van der Waals surface area contributed by atoms with Crippen LogP contribution in [0.4, 0.5) is 13.2 Å². The lowest BCUT2D eigenvalue weighted by atomic mass is 10.4. The Labute approximate surface area is 77.3 Å². The fraction of sp³-hybridized carbons (Fsp3) is 0.500. The van der Waals surface area contributed by atoms with Crippen molar-refractivity contribution in [1.82, 2.24) is 9.78 Å². The number of nitrogens with two attached hydrogens (primary N) is 1. The Balaban J connectivity index is 3.09. The molecule has 0 aliphatic rings. The molecule has 1 aromatic heterocycles. The normalized spacial score (nSPS) is 12.1. The minimum Gasteiger partial charge on any atom is -0.329 e. The summed E-state index contributed by atoms with van der Waals surface area (Å²) in [6.07, 6.45) is -3.53. The topological polar surface area (TPSA) is 43.8 Å². The average molecular weight is 214 g/mol. The highest BCUT2D eigenvalue weighted by Gasteiger charge is 2.37. The van der Waals surface area contributed by atoms with Crippen LogP contribution in [0.3, 0.4) is 0 Å². The van der Waals surface area contributed by atoms with E-state index in [0.29, 0.717) is 0 Å². The standard InChI is InChI=1S/C6H7ClF3N3/c7-4-3-12-13(2-1-11)5(4)6(8,9)10/h3H,1-2,11H2. The largest absolute Gasteiger partial charge is 0.434 e. The molecule has 0 spiro atoms. The molecule has 13 heavy (non-hydrogen) atoms. The van der Waals surface area contributed by atoms with Gasteiger partial charge in [-0.1, -0.05) is 11.6 Å². The Morgan fingerprint density at radius 3 is 2.62 bits per heavy atom. The third-order valence-electron chi connectivity index (χ3n) is 1.40. The third kappa shape index (κ3) is 2.13. The number of aromatic nitrogens is 2. The fourth-order valence-electron chi connectivity index (χ4n) is 0.936. The van der Waals surface area contributed by atoms with Gasteiger partial charge in [-0.05, 0) is 0 Å². The summed E-state index contributed by atoms with van der Waals surface area (Å²) >= 11 is 5.32. The average Bonchev–Trinajstić information content (AvgIpc) is 2.31. The highest BCUT2D eigenvalue weighted by Crippen LogP contribution is 2.34.